The van der Waals surface area contributed by atoms with Crippen molar-refractivity contribution in [2.75, 3.05) is 0 Å². The molecule has 0 radical (unpaired) electrons. The van der Waals surface area contributed by atoms with Gasteiger partial charge in [-0.3, -0.25) is 0 Å². The third-order valence-corrected chi connectivity index (χ3v) is 3.36. The Balaban J connectivity index is 2.77. The average Bonchev–Trinajstić information content (AvgIpc) is 2.08. The van der Waals surface area contributed by atoms with Gasteiger partial charge in [0.15, 0.2) is 0 Å². The summed E-state index contributed by atoms with van der Waals surface area (Å²) in [6.45, 7) is 8.90. The van der Waals surface area contributed by atoms with Gasteiger partial charge in [-0.25, -0.2) is 9.59 Å². The van der Waals surface area contributed by atoms with Crippen LogP contribution in [0.15, 0.2) is 0 Å². The largest absolute Gasteiger partial charge is 0.479 e. The van der Waals surface area contributed by atoms with Gasteiger partial charge in [0.1, 0.15) is 11.1 Å². The molecule has 0 aromatic heterocycles. The fourth-order valence-corrected chi connectivity index (χ4v) is 2.03. The van der Waals surface area contributed by atoms with Crippen molar-refractivity contribution in [1.82, 2.24) is 5.32 Å². The van der Waals surface area contributed by atoms with Crippen LogP contribution in [-0.2, 0) is 9.53 Å². The highest BCUT2D eigenvalue weighted by Gasteiger charge is 2.60. The summed E-state index contributed by atoms with van der Waals surface area (Å²) in [5.74, 6) is -1.00. The van der Waals surface area contributed by atoms with E-state index in [1.165, 1.54) is 0 Å². The molecule has 1 amide bonds. The molecule has 5 nitrogen and oxygen atoms in total. The molecule has 0 aromatic rings. The Morgan fingerprint density at radius 1 is 1.24 bits per heavy atom. The van der Waals surface area contributed by atoms with Gasteiger partial charge in [0.25, 0.3) is 0 Å². The number of hydrogen-bond acceptors (Lipinski definition) is 3. The minimum atomic E-state index is -1.20. The topological polar surface area (TPSA) is 75.6 Å². The van der Waals surface area contributed by atoms with Crippen molar-refractivity contribution in [3.05, 3.63) is 0 Å². The fraction of sp³-hybridized carbons (Fsp3) is 0.833. The number of amides is 1. The molecule has 0 saturated heterocycles. The molecule has 1 atom stereocenters. The maximum atomic E-state index is 11.7. The molecule has 1 rings (SSSR count). The summed E-state index contributed by atoms with van der Waals surface area (Å²) in [6.07, 6.45) is 0.539. The van der Waals surface area contributed by atoms with Crippen LogP contribution >= 0.6 is 0 Å². The van der Waals surface area contributed by atoms with E-state index in [1.54, 1.807) is 20.8 Å². The lowest BCUT2D eigenvalue weighted by Crippen LogP contribution is -2.69. The lowest BCUT2D eigenvalue weighted by atomic mass is 9.56. The van der Waals surface area contributed by atoms with Crippen molar-refractivity contribution in [3.8, 4) is 0 Å². The summed E-state index contributed by atoms with van der Waals surface area (Å²) in [7, 11) is 0. The Bertz CT molecular complexity index is 343. The zero-order chi connectivity index (χ0) is 13.5. The van der Waals surface area contributed by atoms with Gasteiger partial charge >= 0.3 is 12.1 Å². The van der Waals surface area contributed by atoms with Crippen LogP contribution in [0.5, 0.6) is 0 Å². The first kappa shape index (κ1) is 13.8. The van der Waals surface area contributed by atoms with Gasteiger partial charge in [0.2, 0.25) is 0 Å². The van der Waals surface area contributed by atoms with Crippen molar-refractivity contribution in [2.24, 2.45) is 5.41 Å². The molecule has 0 heterocycles. The van der Waals surface area contributed by atoms with E-state index in [-0.39, 0.29) is 0 Å². The SMILES string of the molecule is CC(C)(C)OC(=O)NC1(C(=O)O)CCC1(C)C. The Labute approximate surface area is 102 Å². The molecular weight excluding hydrogens is 222 g/mol. The number of carboxylic acids is 1. The third-order valence-electron chi connectivity index (χ3n) is 3.36. The molecule has 1 fully saturated rings. The maximum Gasteiger partial charge on any atom is 0.408 e. The summed E-state index contributed by atoms with van der Waals surface area (Å²) in [5, 5.41) is 11.8. The van der Waals surface area contributed by atoms with Gasteiger partial charge < -0.3 is 15.2 Å². The number of nitrogens with one attached hydrogen (secondary N) is 1. The van der Waals surface area contributed by atoms with Gasteiger partial charge in [-0.15, -0.1) is 0 Å². The van der Waals surface area contributed by atoms with Crippen molar-refractivity contribution in [1.29, 1.82) is 0 Å². The number of alkyl carbamates (subject to hydrolysis) is 1. The predicted octanol–water partition coefficient (Wildman–Crippen LogP) is 2.15. The van der Waals surface area contributed by atoms with Crippen molar-refractivity contribution < 1.29 is 19.4 Å². The summed E-state index contributed by atoms with van der Waals surface area (Å²) in [6, 6.07) is 0. The van der Waals surface area contributed by atoms with E-state index in [2.05, 4.69) is 5.32 Å². The lowest BCUT2D eigenvalue weighted by Gasteiger charge is -2.52. The monoisotopic (exact) mass is 243 g/mol. The zero-order valence-electron chi connectivity index (χ0n) is 11.1. The molecule has 98 valence electrons. The van der Waals surface area contributed by atoms with Crippen LogP contribution in [0, 0.1) is 5.41 Å². The molecule has 1 saturated carbocycles. The van der Waals surface area contributed by atoms with E-state index in [0.29, 0.717) is 6.42 Å². The third kappa shape index (κ3) is 2.53. The van der Waals surface area contributed by atoms with Crippen LogP contribution in [0.4, 0.5) is 4.79 Å². The number of rotatable bonds is 2. The second-order valence-electron chi connectivity index (χ2n) is 6.22. The molecule has 1 aliphatic carbocycles. The number of ether oxygens (including phenoxy) is 1. The van der Waals surface area contributed by atoms with Gasteiger partial charge in [-0.1, -0.05) is 13.8 Å². The summed E-state index contributed by atoms with van der Waals surface area (Å²) in [5.41, 5.74) is -2.28. The molecule has 0 spiro atoms. The second kappa shape index (κ2) is 3.89. The second-order valence-corrected chi connectivity index (χ2v) is 6.22. The summed E-state index contributed by atoms with van der Waals surface area (Å²) >= 11 is 0. The normalized spacial score (nSPS) is 26.9. The smallest absolute Gasteiger partial charge is 0.408 e. The van der Waals surface area contributed by atoms with Crippen molar-refractivity contribution in [3.63, 3.8) is 0 Å². The van der Waals surface area contributed by atoms with E-state index >= 15 is 0 Å². The summed E-state index contributed by atoms with van der Waals surface area (Å²) in [4.78, 5) is 23.0. The highest BCUT2D eigenvalue weighted by Crippen LogP contribution is 2.49. The molecular formula is C12H21NO4. The molecule has 17 heavy (non-hydrogen) atoms. The predicted molar refractivity (Wildman–Crippen MR) is 62.8 cm³/mol. The lowest BCUT2D eigenvalue weighted by molar-refractivity contribution is -0.159. The molecule has 1 aliphatic rings. The van der Waals surface area contributed by atoms with E-state index in [0.717, 1.165) is 6.42 Å². The molecule has 1 unspecified atom stereocenters. The van der Waals surface area contributed by atoms with Crippen LogP contribution < -0.4 is 5.32 Å². The summed E-state index contributed by atoms with van der Waals surface area (Å²) < 4.78 is 5.10. The zero-order valence-corrected chi connectivity index (χ0v) is 11.1. The van der Waals surface area contributed by atoms with Crippen LogP contribution in [0.3, 0.4) is 0 Å². The maximum absolute atomic E-state index is 11.7. The number of carbonyl (C=O) groups is 2. The van der Waals surface area contributed by atoms with Crippen molar-refractivity contribution >= 4 is 12.1 Å². The number of hydrogen-bond donors (Lipinski definition) is 2. The number of aliphatic carboxylic acids is 1. The fourth-order valence-electron chi connectivity index (χ4n) is 2.03. The molecule has 0 bridgehead atoms. The van der Waals surface area contributed by atoms with Gasteiger partial charge in [0.05, 0.1) is 0 Å². The highest BCUT2D eigenvalue weighted by molar-refractivity contribution is 5.86. The Hall–Kier alpha value is -1.26. The molecule has 5 heteroatoms. The Morgan fingerprint density at radius 2 is 1.76 bits per heavy atom. The van der Waals surface area contributed by atoms with E-state index in [1.807, 2.05) is 13.8 Å². The first-order chi connectivity index (χ1) is 7.50. The molecule has 0 aromatic carbocycles. The highest BCUT2D eigenvalue weighted by atomic mass is 16.6. The Kier molecular flexibility index (Phi) is 3.16. The quantitative estimate of drug-likeness (QED) is 0.779. The van der Waals surface area contributed by atoms with Gasteiger partial charge in [0, 0.05) is 0 Å². The minimum absolute atomic E-state index is 0.439. The van der Waals surface area contributed by atoms with Crippen LogP contribution in [0.25, 0.3) is 0 Å². The standard InChI is InChI=1S/C12H21NO4/c1-10(2,3)17-9(16)13-12(8(14)15)7-6-11(12,4)5/h6-7H2,1-5H3,(H,13,16)(H,14,15). The van der Waals surface area contributed by atoms with E-state index < -0.39 is 28.6 Å². The molecule has 0 aliphatic heterocycles. The van der Waals surface area contributed by atoms with Crippen LogP contribution in [-0.4, -0.2) is 28.3 Å². The number of carbonyl (C=O) groups excluding carboxylic acids is 1. The van der Waals surface area contributed by atoms with E-state index in [4.69, 9.17) is 4.74 Å². The van der Waals surface area contributed by atoms with Crippen LogP contribution in [0.1, 0.15) is 47.5 Å². The van der Waals surface area contributed by atoms with E-state index in [9.17, 15) is 14.7 Å². The first-order valence-corrected chi connectivity index (χ1v) is 5.75. The Morgan fingerprint density at radius 3 is 2.00 bits per heavy atom. The van der Waals surface area contributed by atoms with Crippen molar-refractivity contribution in [2.45, 2.75) is 58.6 Å². The first-order valence-electron chi connectivity index (χ1n) is 5.75. The number of carboxylic acid groups (broad SMARTS) is 1. The minimum Gasteiger partial charge on any atom is -0.479 e. The molecule has 2 N–H and O–H groups in total. The van der Waals surface area contributed by atoms with Gasteiger partial charge in [-0.2, -0.15) is 0 Å². The average molecular weight is 243 g/mol. The van der Waals surface area contributed by atoms with Crippen LogP contribution in [0.2, 0.25) is 0 Å². The van der Waals surface area contributed by atoms with Gasteiger partial charge in [-0.05, 0) is 39.0 Å².